The Hall–Kier alpha value is -2.10. The molecule has 21 heavy (non-hydrogen) atoms. The Kier molecular flexibility index (Phi) is 3.78. The van der Waals surface area contributed by atoms with Gasteiger partial charge in [0.25, 0.3) is 0 Å². The van der Waals surface area contributed by atoms with Crippen molar-refractivity contribution in [1.82, 2.24) is 4.98 Å². The molecule has 0 atom stereocenters. The van der Waals surface area contributed by atoms with Crippen LogP contribution in [0.2, 0.25) is 0 Å². The van der Waals surface area contributed by atoms with Crippen molar-refractivity contribution < 1.29 is 13.9 Å². The number of benzene rings is 1. The van der Waals surface area contributed by atoms with E-state index in [1.807, 2.05) is 13.0 Å². The van der Waals surface area contributed by atoms with E-state index in [0.29, 0.717) is 24.6 Å². The number of esters is 1. The number of nitrogens with zero attached hydrogens (tertiary/aromatic N) is 1. The molecule has 4 nitrogen and oxygen atoms in total. The van der Waals surface area contributed by atoms with Crippen LogP contribution < -0.4 is 0 Å². The number of carbonyl (C=O) groups excluding carboxylic acids is 1. The van der Waals surface area contributed by atoms with Crippen LogP contribution >= 0.6 is 0 Å². The average molecular weight is 285 g/mol. The fourth-order valence-electron chi connectivity index (χ4n) is 2.78. The van der Waals surface area contributed by atoms with Gasteiger partial charge in [-0.15, -0.1) is 0 Å². The first-order chi connectivity index (χ1) is 10.2. The molecule has 0 radical (unpaired) electrons. The maximum atomic E-state index is 11.9. The molecule has 1 aromatic heterocycles. The van der Waals surface area contributed by atoms with Crippen LogP contribution in [0.4, 0.5) is 0 Å². The molecule has 0 fully saturated rings. The van der Waals surface area contributed by atoms with Gasteiger partial charge in [0, 0.05) is 5.56 Å². The molecule has 2 aromatic rings. The van der Waals surface area contributed by atoms with Crippen LogP contribution in [0.5, 0.6) is 0 Å². The van der Waals surface area contributed by atoms with Gasteiger partial charge in [0.15, 0.2) is 0 Å². The van der Waals surface area contributed by atoms with E-state index >= 15 is 0 Å². The molecule has 0 saturated carbocycles. The summed E-state index contributed by atoms with van der Waals surface area (Å²) in [5, 5.41) is 0. The summed E-state index contributed by atoms with van der Waals surface area (Å²) in [5.74, 6) is 0.300. The Labute approximate surface area is 124 Å². The monoisotopic (exact) mass is 285 g/mol. The summed E-state index contributed by atoms with van der Waals surface area (Å²) >= 11 is 0. The zero-order chi connectivity index (χ0) is 14.8. The lowest BCUT2D eigenvalue weighted by atomic mass is 10.1. The Morgan fingerprint density at radius 2 is 2.10 bits per heavy atom. The van der Waals surface area contributed by atoms with Gasteiger partial charge >= 0.3 is 5.97 Å². The smallest absolute Gasteiger partial charge is 0.376 e. The number of hydrogen-bond donors (Lipinski definition) is 0. The van der Waals surface area contributed by atoms with E-state index in [9.17, 15) is 4.79 Å². The molecule has 0 N–H and O–H groups in total. The molecule has 3 rings (SSSR count). The van der Waals surface area contributed by atoms with Crippen LogP contribution in [0.15, 0.2) is 22.6 Å². The molecule has 1 aliphatic carbocycles. The molecule has 0 saturated heterocycles. The van der Waals surface area contributed by atoms with Crippen molar-refractivity contribution in [3.8, 4) is 11.5 Å². The number of hydrogen-bond acceptors (Lipinski definition) is 4. The van der Waals surface area contributed by atoms with E-state index in [0.717, 1.165) is 18.4 Å². The summed E-state index contributed by atoms with van der Waals surface area (Å²) in [5.41, 5.74) is 4.36. The lowest BCUT2D eigenvalue weighted by molar-refractivity contribution is 0.0489. The van der Waals surface area contributed by atoms with Gasteiger partial charge in [0.05, 0.1) is 12.3 Å². The molecule has 0 amide bonds. The minimum absolute atomic E-state index is 0.231. The van der Waals surface area contributed by atoms with Crippen LogP contribution in [-0.4, -0.2) is 17.6 Å². The Morgan fingerprint density at radius 1 is 1.29 bits per heavy atom. The number of oxazole rings is 1. The van der Waals surface area contributed by atoms with Gasteiger partial charge in [-0.3, -0.25) is 0 Å². The molecule has 1 aromatic carbocycles. The standard InChI is InChI=1S/C17H19NO3/c1-3-14-15(17(19)20-4-2)21-16(18-14)13-9-8-11-6-5-7-12(11)10-13/h8-10H,3-7H2,1-2H3. The van der Waals surface area contributed by atoms with Gasteiger partial charge in [0.2, 0.25) is 11.7 Å². The maximum absolute atomic E-state index is 11.9. The van der Waals surface area contributed by atoms with Gasteiger partial charge < -0.3 is 9.15 Å². The van der Waals surface area contributed by atoms with E-state index in [1.54, 1.807) is 6.92 Å². The maximum Gasteiger partial charge on any atom is 0.376 e. The summed E-state index contributed by atoms with van der Waals surface area (Å²) in [7, 11) is 0. The normalized spacial score (nSPS) is 13.2. The molecule has 0 unspecified atom stereocenters. The van der Waals surface area contributed by atoms with Crippen molar-refractivity contribution in [2.75, 3.05) is 6.61 Å². The second-order valence-corrected chi connectivity index (χ2v) is 5.21. The van der Waals surface area contributed by atoms with Gasteiger partial charge in [-0.05, 0) is 55.9 Å². The molecule has 1 aliphatic rings. The van der Waals surface area contributed by atoms with Crippen molar-refractivity contribution in [2.45, 2.75) is 39.5 Å². The molecule has 110 valence electrons. The second kappa shape index (κ2) is 5.72. The molecule has 1 heterocycles. The molecule has 0 aliphatic heterocycles. The highest BCUT2D eigenvalue weighted by atomic mass is 16.5. The van der Waals surface area contributed by atoms with E-state index in [1.165, 1.54) is 17.5 Å². The second-order valence-electron chi connectivity index (χ2n) is 5.21. The van der Waals surface area contributed by atoms with Crippen LogP contribution in [0, 0.1) is 0 Å². The summed E-state index contributed by atoms with van der Waals surface area (Å²) in [6, 6.07) is 6.28. The molecule has 0 bridgehead atoms. The van der Waals surface area contributed by atoms with Crippen molar-refractivity contribution in [3.05, 3.63) is 40.8 Å². The van der Waals surface area contributed by atoms with E-state index in [2.05, 4.69) is 17.1 Å². The highest BCUT2D eigenvalue weighted by Gasteiger charge is 2.21. The third kappa shape index (κ3) is 2.58. The highest BCUT2D eigenvalue weighted by Crippen LogP contribution is 2.29. The number of carbonyl (C=O) groups is 1. The number of rotatable bonds is 4. The van der Waals surface area contributed by atoms with Crippen molar-refractivity contribution in [1.29, 1.82) is 0 Å². The van der Waals surface area contributed by atoms with Crippen LogP contribution in [-0.2, 0) is 24.0 Å². The lowest BCUT2D eigenvalue weighted by Crippen LogP contribution is -2.05. The first-order valence-electron chi connectivity index (χ1n) is 7.52. The van der Waals surface area contributed by atoms with E-state index in [-0.39, 0.29) is 5.76 Å². The van der Waals surface area contributed by atoms with E-state index < -0.39 is 5.97 Å². The van der Waals surface area contributed by atoms with Crippen LogP contribution in [0.1, 0.15) is 47.6 Å². The number of aryl methyl sites for hydroxylation is 3. The minimum atomic E-state index is -0.436. The van der Waals surface area contributed by atoms with E-state index in [4.69, 9.17) is 9.15 Å². The third-order valence-corrected chi connectivity index (χ3v) is 3.84. The fraction of sp³-hybridized carbons (Fsp3) is 0.412. The summed E-state index contributed by atoms with van der Waals surface area (Å²) in [4.78, 5) is 16.4. The van der Waals surface area contributed by atoms with Crippen molar-refractivity contribution in [2.24, 2.45) is 0 Å². The number of aromatic nitrogens is 1. The van der Waals surface area contributed by atoms with Gasteiger partial charge in [-0.2, -0.15) is 0 Å². The average Bonchev–Trinajstić information content (AvgIpc) is 3.13. The van der Waals surface area contributed by atoms with Crippen molar-refractivity contribution in [3.63, 3.8) is 0 Å². The first kappa shape index (κ1) is 13.9. The summed E-state index contributed by atoms with van der Waals surface area (Å²) in [6.45, 7) is 4.06. The molecular formula is C17H19NO3. The first-order valence-corrected chi connectivity index (χ1v) is 7.52. The Morgan fingerprint density at radius 3 is 2.86 bits per heavy atom. The minimum Gasteiger partial charge on any atom is -0.460 e. The van der Waals surface area contributed by atoms with Gasteiger partial charge in [-0.1, -0.05) is 13.0 Å². The highest BCUT2D eigenvalue weighted by molar-refractivity contribution is 5.88. The predicted octanol–water partition coefficient (Wildman–Crippen LogP) is 3.57. The van der Waals surface area contributed by atoms with Crippen molar-refractivity contribution >= 4 is 5.97 Å². The third-order valence-electron chi connectivity index (χ3n) is 3.84. The Bertz CT molecular complexity index is 673. The summed E-state index contributed by atoms with van der Waals surface area (Å²) in [6.07, 6.45) is 4.10. The number of ether oxygens (including phenoxy) is 1. The zero-order valence-electron chi connectivity index (χ0n) is 12.4. The van der Waals surface area contributed by atoms with Gasteiger partial charge in [0.1, 0.15) is 0 Å². The topological polar surface area (TPSA) is 52.3 Å². The largest absolute Gasteiger partial charge is 0.460 e. The fourth-order valence-corrected chi connectivity index (χ4v) is 2.78. The molecule has 0 spiro atoms. The summed E-state index contributed by atoms with van der Waals surface area (Å²) < 4.78 is 10.7. The van der Waals surface area contributed by atoms with Gasteiger partial charge in [-0.25, -0.2) is 9.78 Å². The van der Waals surface area contributed by atoms with Crippen LogP contribution in [0.25, 0.3) is 11.5 Å². The number of fused-ring (bicyclic) bond motifs is 1. The molecular weight excluding hydrogens is 266 g/mol. The lowest BCUT2D eigenvalue weighted by Gasteiger charge is -2.01. The quantitative estimate of drug-likeness (QED) is 0.806. The van der Waals surface area contributed by atoms with Crippen LogP contribution in [0.3, 0.4) is 0 Å². The predicted molar refractivity (Wildman–Crippen MR) is 79.3 cm³/mol. The Balaban J connectivity index is 1.97. The SMILES string of the molecule is CCOC(=O)c1oc(-c2ccc3c(c2)CCC3)nc1CC. The molecule has 4 heteroatoms. The zero-order valence-corrected chi connectivity index (χ0v) is 12.4.